The molecule has 0 radical (unpaired) electrons. The first-order valence-corrected chi connectivity index (χ1v) is 5.83. The Morgan fingerprint density at radius 2 is 2.12 bits per heavy atom. The Morgan fingerprint density at radius 1 is 1.38 bits per heavy atom. The van der Waals surface area contributed by atoms with Crippen LogP contribution in [-0.4, -0.2) is 6.54 Å². The van der Waals surface area contributed by atoms with E-state index in [2.05, 4.69) is 43.4 Å². The van der Waals surface area contributed by atoms with Crippen molar-refractivity contribution in [2.24, 2.45) is 5.41 Å². The fourth-order valence-corrected chi connectivity index (χ4v) is 1.96. The van der Waals surface area contributed by atoms with Gasteiger partial charge in [-0.15, -0.1) is 0 Å². The maximum atomic E-state index is 8.95. The molecule has 1 fully saturated rings. The van der Waals surface area contributed by atoms with E-state index in [1.807, 2.05) is 0 Å². The van der Waals surface area contributed by atoms with Crippen LogP contribution in [0.3, 0.4) is 0 Å². The van der Waals surface area contributed by atoms with Gasteiger partial charge in [-0.3, -0.25) is 0 Å². The Kier molecular flexibility index (Phi) is 2.98. The molecule has 1 aliphatic rings. The lowest BCUT2D eigenvalue weighted by molar-refractivity contribution is 0.557. The summed E-state index contributed by atoms with van der Waals surface area (Å²) in [4.78, 5) is 0. The molecule has 0 heterocycles. The molecular formula is C14H18N2. The second-order valence-electron chi connectivity index (χ2n) is 4.93. The number of benzene rings is 1. The Bertz CT molecular complexity index is 425. The smallest absolute Gasteiger partial charge is 0.0703 e. The first-order chi connectivity index (χ1) is 7.65. The van der Waals surface area contributed by atoms with Gasteiger partial charge in [-0.05, 0) is 37.8 Å². The Labute approximate surface area is 97.3 Å². The van der Waals surface area contributed by atoms with Crippen molar-refractivity contribution in [3.63, 3.8) is 0 Å². The maximum Gasteiger partial charge on any atom is 0.0703 e. The highest BCUT2D eigenvalue weighted by atomic mass is 14.9. The molecule has 0 amide bonds. The molecule has 1 aromatic rings. The van der Waals surface area contributed by atoms with Crippen LogP contribution in [0.15, 0.2) is 18.2 Å². The minimum absolute atomic E-state index is 0.0431. The molecule has 2 heteroatoms. The number of aryl methyl sites for hydroxylation is 2. The Morgan fingerprint density at radius 3 is 2.69 bits per heavy atom. The van der Waals surface area contributed by atoms with Crippen molar-refractivity contribution in [1.82, 2.24) is 5.32 Å². The van der Waals surface area contributed by atoms with Gasteiger partial charge in [0.2, 0.25) is 0 Å². The molecule has 0 unspecified atom stereocenters. The number of hydrogen-bond donors (Lipinski definition) is 1. The van der Waals surface area contributed by atoms with Crippen molar-refractivity contribution in [2.45, 2.75) is 33.2 Å². The zero-order chi connectivity index (χ0) is 11.6. The predicted octanol–water partition coefficient (Wildman–Crippen LogP) is 2.70. The highest BCUT2D eigenvalue weighted by molar-refractivity contribution is 5.30. The SMILES string of the molecule is Cc1ccc(CNCC2(C#N)CC2)c(C)c1. The van der Waals surface area contributed by atoms with Gasteiger partial charge < -0.3 is 5.32 Å². The lowest BCUT2D eigenvalue weighted by Gasteiger charge is -2.10. The van der Waals surface area contributed by atoms with E-state index in [9.17, 15) is 0 Å². The van der Waals surface area contributed by atoms with Crippen molar-refractivity contribution in [3.8, 4) is 6.07 Å². The summed E-state index contributed by atoms with van der Waals surface area (Å²) in [5, 5.41) is 12.3. The van der Waals surface area contributed by atoms with Gasteiger partial charge in [0, 0.05) is 13.1 Å². The number of nitrogens with one attached hydrogen (secondary N) is 1. The Hall–Kier alpha value is -1.33. The van der Waals surface area contributed by atoms with E-state index in [-0.39, 0.29) is 5.41 Å². The van der Waals surface area contributed by atoms with Crippen LogP contribution in [0.5, 0.6) is 0 Å². The third kappa shape index (κ3) is 2.43. The van der Waals surface area contributed by atoms with Gasteiger partial charge in [0.05, 0.1) is 11.5 Å². The molecule has 0 aromatic heterocycles. The highest BCUT2D eigenvalue weighted by Gasteiger charge is 2.42. The van der Waals surface area contributed by atoms with E-state index in [1.54, 1.807) is 0 Å². The van der Waals surface area contributed by atoms with Crippen LogP contribution in [0.1, 0.15) is 29.5 Å². The number of hydrogen-bond acceptors (Lipinski definition) is 2. The van der Waals surface area contributed by atoms with Crippen LogP contribution in [0.2, 0.25) is 0 Å². The molecule has 2 rings (SSSR count). The number of rotatable bonds is 4. The number of nitriles is 1. The summed E-state index contributed by atoms with van der Waals surface area (Å²) in [5.41, 5.74) is 3.92. The topological polar surface area (TPSA) is 35.8 Å². The molecule has 0 bridgehead atoms. The van der Waals surface area contributed by atoms with Gasteiger partial charge in [0.25, 0.3) is 0 Å². The van der Waals surface area contributed by atoms with Crippen LogP contribution in [0.25, 0.3) is 0 Å². The Balaban J connectivity index is 1.88. The van der Waals surface area contributed by atoms with Crippen molar-refractivity contribution in [1.29, 1.82) is 5.26 Å². The van der Waals surface area contributed by atoms with Gasteiger partial charge in [-0.2, -0.15) is 5.26 Å². The van der Waals surface area contributed by atoms with Crippen LogP contribution < -0.4 is 5.32 Å². The summed E-state index contributed by atoms with van der Waals surface area (Å²) in [6.07, 6.45) is 2.12. The van der Waals surface area contributed by atoms with Crippen LogP contribution >= 0.6 is 0 Å². The average molecular weight is 214 g/mol. The molecular weight excluding hydrogens is 196 g/mol. The summed E-state index contributed by atoms with van der Waals surface area (Å²) in [5.74, 6) is 0. The molecule has 0 saturated heterocycles. The molecule has 16 heavy (non-hydrogen) atoms. The fourth-order valence-electron chi connectivity index (χ4n) is 1.96. The van der Waals surface area contributed by atoms with E-state index in [1.165, 1.54) is 16.7 Å². The van der Waals surface area contributed by atoms with Crippen molar-refractivity contribution < 1.29 is 0 Å². The molecule has 0 spiro atoms. The fraction of sp³-hybridized carbons (Fsp3) is 0.500. The van der Waals surface area contributed by atoms with Gasteiger partial charge >= 0.3 is 0 Å². The lowest BCUT2D eigenvalue weighted by Crippen LogP contribution is -2.22. The minimum atomic E-state index is -0.0431. The van der Waals surface area contributed by atoms with Crippen LogP contribution in [0.4, 0.5) is 0 Å². The van der Waals surface area contributed by atoms with Gasteiger partial charge in [0.15, 0.2) is 0 Å². The van der Waals surface area contributed by atoms with Crippen LogP contribution in [0, 0.1) is 30.6 Å². The summed E-state index contributed by atoms with van der Waals surface area (Å²) in [6.45, 7) is 5.95. The standard InChI is InChI=1S/C14H18N2/c1-11-3-4-13(12(2)7-11)8-16-10-14(9-15)5-6-14/h3-4,7,16H,5-6,8,10H2,1-2H3. The normalized spacial score (nSPS) is 16.8. The van der Waals surface area contributed by atoms with E-state index in [0.717, 1.165) is 25.9 Å². The van der Waals surface area contributed by atoms with Crippen molar-refractivity contribution in [3.05, 3.63) is 34.9 Å². The minimum Gasteiger partial charge on any atom is -0.311 e. The summed E-state index contributed by atoms with van der Waals surface area (Å²) in [7, 11) is 0. The maximum absolute atomic E-state index is 8.95. The molecule has 1 saturated carbocycles. The molecule has 2 nitrogen and oxygen atoms in total. The van der Waals surface area contributed by atoms with E-state index in [0.29, 0.717) is 0 Å². The predicted molar refractivity (Wildman–Crippen MR) is 64.9 cm³/mol. The quantitative estimate of drug-likeness (QED) is 0.836. The first kappa shape index (κ1) is 11.2. The van der Waals surface area contributed by atoms with Gasteiger partial charge in [0.1, 0.15) is 0 Å². The van der Waals surface area contributed by atoms with E-state index in [4.69, 9.17) is 5.26 Å². The summed E-state index contributed by atoms with van der Waals surface area (Å²) >= 11 is 0. The average Bonchev–Trinajstić information content (AvgIpc) is 3.02. The lowest BCUT2D eigenvalue weighted by atomic mass is 10.1. The first-order valence-electron chi connectivity index (χ1n) is 5.83. The second kappa shape index (κ2) is 4.27. The third-order valence-corrected chi connectivity index (χ3v) is 3.37. The van der Waals surface area contributed by atoms with Gasteiger partial charge in [-0.1, -0.05) is 23.8 Å². The van der Waals surface area contributed by atoms with Gasteiger partial charge in [-0.25, -0.2) is 0 Å². The van der Waals surface area contributed by atoms with Crippen molar-refractivity contribution >= 4 is 0 Å². The third-order valence-electron chi connectivity index (χ3n) is 3.37. The molecule has 1 aromatic carbocycles. The second-order valence-corrected chi connectivity index (χ2v) is 4.93. The number of nitrogens with zero attached hydrogens (tertiary/aromatic N) is 1. The van der Waals surface area contributed by atoms with E-state index < -0.39 is 0 Å². The largest absolute Gasteiger partial charge is 0.311 e. The summed E-state index contributed by atoms with van der Waals surface area (Å²) < 4.78 is 0. The molecule has 1 N–H and O–H groups in total. The zero-order valence-corrected chi connectivity index (χ0v) is 10.0. The molecule has 0 aliphatic heterocycles. The van der Waals surface area contributed by atoms with Crippen molar-refractivity contribution in [2.75, 3.05) is 6.54 Å². The highest BCUT2D eigenvalue weighted by Crippen LogP contribution is 2.44. The molecule has 1 aliphatic carbocycles. The molecule has 0 atom stereocenters. The molecule has 84 valence electrons. The monoisotopic (exact) mass is 214 g/mol. The van der Waals surface area contributed by atoms with E-state index >= 15 is 0 Å². The van der Waals surface area contributed by atoms with Crippen LogP contribution in [-0.2, 0) is 6.54 Å². The zero-order valence-electron chi connectivity index (χ0n) is 10.0. The summed E-state index contributed by atoms with van der Waals surface area (Å²) in [6, 6.07) is 8.91.